The van der Waals surface area contributed by atoms with Crippen LogP contribution in [-0.2, 0) is 9.47 Å². The number of thiazole rings is 1. The van der Waals surface area contributed by atoms with Gasteiger partial charge in [0.1, 0.15) is 11.4 Å². The number of carbonyl (C=O) groups is 2. The van der Waals surface area contributed by atoms with Crippen molar-refractivity contribution in [1.82, 2.24) is 19.5 Å². The quantitative estimate of drug-likeness (QED) is 0.313. The molecule has 1 atom stereocenters. The number of rotatable bonds is 4. The average Bonchev–Trinajstić information content (AvgIpc) is 3.52. The van der Waals surface area contributed by atoms with Crippen molar-refractivity contribution in [3.8, 4) is 11.4 Å². The summed E-state index contributed by atoms with van der Waals surface area (Å²) in [6.45, 7) is 8.13. The maximum atomic E-state index is 15.3. The highest BCUT2D eigenvalue weighted by Gasteiger charge is 2.33. The summed E-state index contributed by atoms with van der Waals surface area (Å²) in [5, 5.41) is 4.53. The molecule has 0 N–H and O–H groups in total. The molecule has 1 unspecified atom stereocenters. The van der Waals surface area contributed by atoms with Gasteiger partial charge in [0, 0.05) is 6.54 Å². The lowest BCUT2D eigenvalue weighted by molar-refractivity contribution is 0.0224. The fraction of sp³-hybridized carbons (Fsp3) is 0.385. The minimum atomic E-state index is -0.594. The van der Waals surface area contributed by atoms with Crippen molar-refractivity contribution in [3.63, 3.8) is 0 Å². The number of nitrogens with zero attached hydrogens (tertiary/aromatic N) is 4. The van der Waals surface area contributed by atoms with Gasteiger partial charge in [0.05, 0.1) is 34.0 Å². The molecule has 0 bridgehead atoms. The Labute approximate surface area is 211 Å². The highest BCUT2D eigenvalue weighted by Crippen LogP contribution is 2.35. The molecule has 3 heterocycles. The van der Waals surface area contributed by atoms with Crippen LogP contribution < -0.4 is 0 Å². The third kappa shape index (κ3) is 4.53. The molecule has 1 fully saturated rings. The van der Waals surface area contributed by atoms with Gasteiger partial charge in [0.15, 0.2) is 5.82 Å². The third-order valence-corrected chi connectivity index (χ3v) is 6.97. The Morgan fingerprint density at radius 1 is 1.19 bits per heavy atom. The van der Waals surface area contributed by atoms with E-state index in [1.807, 2.05) is 26.8 Å². The normalized spacial score (nSPS) is 16.1. The van der Waals surface area contributed by atoms with Gasteiger partial charge < -0.3 is 14.4 Å². The van der Waals surface area contributed by atoms with Crippen molar-refractivity contribution in [1.29, 1.82) is 0 Å². The fourth-order valence-corrected chi connectivity index (χ4v) is 5.42. The number of fused-ring (bicyclic) bond motifs is 3. The smallest absolute Gasteiger partial charge is 0.410 e. The van der Waals surface area contributed by atoms with Crippen molar-refractivity contribution in [3.05, 3.63) is 53.3 Å². The lowest BCUT2D eigenvalue weighted by Crippen LogP contribution is -2.36. The number of hydrogen-bond acceptors (Lipinski definition) is 7. The summed E-state index contributed by atoms with van der Waals surface area (Å²) in [5.74, 6) is -0.554. The zero-order chi connectivity index (χ0) is 25.6. The topological polar surface area (TPSA) is 86.0 Å². The number of carbonyl (C=O) groups excluding carboxylic acids is 2. The lowest BCUT2D eigenvalue weighted by Gasteiger charge is -2.29. The molecular weight excluding hydrogens is 483 g/mol. The van der Waals surface area contributed by atoms with Crippen LogP contribution in [0.2, 0.25) is 0 Å². The molecule has 1 aliphatic heterocycles. The largest absolute Gasteiger partial charge is 0.462 e. The van der Waals surface area contributed by atoms with E-state index in [1.165, 1.54) is 17.4 Å². The van der Waals surface area contributed by atoms with E-state index in [1.54, 1.807) is 40.6 Å². The molecule has 1 amide bonds. The number of amides is 1. The standard InChI is InChI=1S/C26H27FN4O4S/c1-5-34-23(32)16-9-11-20-21(14-16)36-24-28-22(29-31(20)24)17-10-8-15(13-18(17)27)19-7-6-12-30(19)25(33)35-26(2,3)4/h8-11,13-14,19H,5-7,12H2,1-4H3. The van der Waals surface area contributed by atoms with Crippen LogP contribution in [0.5, 0.6) is 0 Å². The van der Waals surface area contributed by atoms with Gasteiger partial charge in [-0.3, -0.25) is 0 Å². The van der Waals surface area contributed by atoms with Crippen LogP contribution in [0.1, 0.15) is 62.5 Å². The summed E-state index contributed by atoms with van der Waals surface area (Å²) in [4.78, 5) is 31.5. The summed E-state index contributed by atoms with van der Waals surface area (Å²) in [7, 11) is 0. The molecular formula is C26H27FN4O4S. The van der Waals surface area contributed by atoms with Crippen LogP contribution in [0.3, 0.4) is 0 Å². The molecule has 2 aromatic heterocycles. The van der Waals surface area contributed by atoms with Crippen LogP contribution in [0, 0.1) is 5.82 Å². The molecule has 0 saturated carbocycles. The Balaban J connectivity index is 1.42. The molecule has 36 heavy (non-hydrogen) atoms. The SMILES string of the molecule is CCOC(=O)c1ccc2c(c1)sc1nc(-c3ccc(C4CCCN4C(=O)OC(C)(C)C)cc3F)nn12. The molecule has 8 nitrogen and oxygen atoms in total. The second-order valence-corrected chi connectivity index (χ2v) is 10.7. The van der Waals surface area contributed by atoms with E-state index in [9.17, 15) is 9.59 Å². The first-order chi connectivity index (χ1) is 17.1. The Bertz CT molecular complexity index is 1470. The molecule has 0 aliphatic carbocycles. The molecule has 5 rings (SSSR count). The minimum Gasteiger partial charge on any atom is -0.462 e. The molecule has 2 aromatic carbocycles. The van der Waals surface area contributed by atoms with Gasteiger partial charge >= 0.3 is 12.1 Å². The van der Waals surface area contributed by atoms with E-state index in [-0.39, 0.29) is 29.5 Å². The number of benzene rings is 2. The van der Waals surface area contributed by atoms with Gasteiger partial charge in [-0.25, -0.2) is 18.5 Å². The molecule has 1 aliphatic rings. The third-order valence-electron chi connectivity index (χ3n) is 5.98. The van der Waals surface area contributed by atoms with Crippen molar-refractivity contribution in [2.45, 2.75) is 52.2 Å². The average molecular weight is 511 g/mol. The van der Waals surface area contributed by atoms with Crippen LogP contribution in [0.4, 0.5) is 9.18 Å². The predicted molar refractivity (Wildman–Crippen MR) is 135 cm³/mol. The number of likely N-dealkylation sites (tertiary alicyclic amines) is 1. The highest BCUT2D eigenvalue weighted by molar-refractivity contribution is 7.23. The summed E-state index contributed by atoms with van der Waals surface area (Å²) < 4.78 is 28.4. The van der Waals surface area contributed by atoms with Crippen LogP contribution >= 0.6 is 11.3 Å². The molecule has 0 radical (unpaired) electrons. The van der Waals surface area contributed by atoms with E-state index >= 15 is 4.39 Å². The predicted octanol–water partition coefficient (Wildman–Crippen LogP) is 6.00. The van der Waals surface area contributed by atoms with Crippen molar-refractivity contribution < 1.29 is 23.5 Å². The van der Waals surface area contributed by atoms with Crippen molar-refractivity contribution in [2.75, 3.05) is 13.2 Å². The fourth-order valence-electron chi connectivity index (χ4n) is 4.42. The minimum absolute atomic E-state index is 0.237. The summed E-state index contributed by atoms with van der Waals surface area (Å²) in [6, 6.07) is 9.93. The number of aromatic nitrogens is 3. The summed E-state index contributed by atoms with van der Waals surface area (Å²) in [5.41, 5.74) is 1.65. The summed E-state index contributed by atoms with van der Waals surface area (Å²) >= 11 is 1.37. The first-order valence-corrected chi connectivity index (χ1v) is 12.7. The maximum absolute atomic E-state index is 15.3. The van der Waals surface area contributed by atoms with E-state index in [0.29, 0.717) is 23.7 Å². The Morgan fingerprint density at radius 3 is 2.72 bits per heavy atom. The molecule has 10 heteroatoms. The van der Waals surface area contributed by atoms with Crippen molar-refractivity contribution >= 4 is 38.6 Å². The van der Waals surface area contributed by atoms with Gasteiger partial charge in [0.2, 0.25) is 4.96 Å². The van der Waals surface area contributed by atoms with Gasteiger partial charge in [-0.2, -0.15) is 4.98 Å². The maximum Gasteiger partial charge on any atom is 0.410 e. The number of esters is 1. The van der Waals surface area contributed by atoms with E-state index in [0.717, 1.165) is 28.6 Å². The Hall–Kier alpha value is -3.53. The molecule has 188 valence electrons. The lowest BCUT2D eigenvalue weighted by atomic mass is 10.0. The molecule has 4 aromatic rings. The number of hydrogen-bond donors (Lipinski definition) is 0. The number of halogens is 1. The first kappa shape index (κ1) is 24.2. The van der Waals surface area contributed by atoms with Crippen molar-refractivity contribution in [2.24, 2.45) is 0 Å². The Morgan fingerprint density at radius 2 is 2.00 bits per heavy atom. The van der Waals surface area contributed by atoms with Gasteiger partial charge in [-0.15, -0.1) is 5.10 Å². The monoisotopic (exact) mass is 510 g/mol. The van der Waals surface area contributed by atoms with Crippen LogP contribution in [0.15, 0.2) is 36.4 Å². The summed E-state index contributed by atoms with van der Waals surface area (Å²) in [6.07, 6.45) is 1.19. The van der Waals surface area contributed by atoms with Gasteiger partial charge in [0.25, 0.3) is 0 Å². The second-order valence-electron chi connectivity index (χ2n) is 9.71. The van der Waals surface area contributed by atoms with Gasteiger partial charge in [-0.1, -0.05) is 17.4 Å². The molecule has 0 spiro atoms. The highest BCUT2D eigenvalue weighted by atomic mass is 32.1. The second kappa shape index (κ2) is 9.16. The number of ether oxygens (including phenoxy) is 2. The van der Waals surface area contributed by atoms with Crippen LogP contribution in [-0.4, -0.2) is 50.3 Å². The van der Waals surface area contributed by atoms with E-state index < -0.39 is 11.4 Å². The first-order valence-electron chi connectivity index (χ1n) is 11.9. The van der Waals surface area contributed by atoms with E-state index in [4.69, 9.17) is 9.47 Å². The van der Waals surface area contributed by atoms with Gasteiger partial charge in [-0.05, 0) is 76.4 Å². The Kier molecular flexibility index (Phi) is 6.15. The zero-order valence-electron chi connectivity index (χ0n) is 20.6. The molecule has 1 saturated heterocycles. The van der Waals surface area contributed by atoms with E-state index in [2.05, 4.69) is 10.1 Å². The van der Waals surface area contributed by atoms with Crippen LogP contribution in [0.25, 0.3) is 26.6 Å². The zero-order valence-corrected chi connectivity index (χ0v) is 21.4.